The molecule has 0 bridgehead atoms. The second-order valence-electron chi connectivity index (χ2n) is 9.85. The zero-order chi connectivity index (χ0) is 24.2. The summed E-state index contributed by atoms with van der Waals surface area (Å²) in [7, 11) is 0. The summed E-state index contributed by atoms with van der Waals surface area (Å²) in [5.74, 6) is -0.223. The molecule has 1 aliphatic rings. The van der Waals surface area contributed by atoms with Crippen molar-refractivity contribution in [3.63, 3.8) is 0 Å². The minimum Gasteiger partial charge on any atom is -0.493 e. The third-order valence-corrected chi connectivity index (χ3v) is 6.18. The Morgan fingerprint density at radius 3 is 2.68 bits per heavy atom. The number of rotatable bonds is 4. The average molecular weight is 457 g/mol. The molecule has 0 amide bonds. The normalized spacial score (nSPS) is 14.3. The highest BCUT2D eigenvalue weighted by molar-refractivity contribution is 6.08. The number of fused-ring (bicyclic) bond motifs is 1. The molecule has 174 valence electrons. The molecule has 1 atom stereocenters. The first-order chi connectivity index (χ1) is 16.1. The van der Waals surface area contributed by atoms with E-state index in [9.17, 15) is 9.90 Å². The molecule has 0 fully saturated rings. The van der Waals surface area contributed by atoms with E-state index in [0.29, 0.717) is 12.2 Å². The van der Waals surface area contributed by atoms with Crippen LogP contribution in [-0.2, 0) is 16.0 Å². The van der Waals surface area contributed by atoms with Crippen LogP contribution in [0.3, 0.4) is 0 Å². The van der Waals surface area contributed by atoms with Crippen molar-refractivity contribution in [3.8, 4) is 16.9 Å². The molecule has 0 aliphatic carbocycles. The molecular weight excluding hydrogens is 428 g/mol. The van der Waals surface area contributed by atoms with Gasteiger partial charge in [-0.2, -0.15) is 0 Å². The van der Waals surface area contributed by atoms with Crippen LogP contribution in [0.4, 0.5) is 0 Å². The molecule has 1 aliphatic heterocycles. The molecule has 34 heavy (non-hydrogen) atoms. The summed E-state index contributed by atoms with van der Waals surface area (Å²) in [4.78, 5) is 22.1. The van der Waals surface area contributed by atoms with Crippen molar-refractivity contribution < 1.29 is 19.4 Å². The van der Waals surface area contributed by atoms with E-state index in [1.165, 1.54) is 5.56 Å². The monoisotopic (exact) mass is 456 g/mol. The van der Waals surface area contributed by atoms with Gasteiger partial charge in [-0.05, 0) is 81.6 Å². The van der Waals surface area contributed by atoms with Gasteiger partial charge in [-0.1, -0.05) is 6.07 Å². The van der Waals surface area contributed by atoms with Crippen LogP contribution >= 0.6 is 0 Å². The lowest BCUT2D eigenvalue weighted by Gasteiger charge is -2.29. The number of hydrogen-bond acceptors (Lipinski definition) is 5. The first-order valence-corrected chi connectivity index (χ1v) is 11.5. The number of aliphatic carboxylic acids is 1. The minimum absolute atomic E-state index is 0.625. The van der Waals surface area contributed by atoms with E-state index in [2.05, 4.69) is 0 Å². The third kappa shape index (κ3) is 3.78. The molecule has 0 unspecified atom stereocenters. The Morgan fingerprint density at radius 2 is 1.94 bits per heavy atom. The standard InChI is InChI=1S/C28H28N2O4/c1-15-14-20-18(7-6-16(2)30-20)24(22(15)26(27(31)32)34-28(3,4)5)19-8-9-21-23-17(11-13-33-21)10-12-29-25(19)23/h6-10,12,14,26H,11,13H2,1-5H3,(H,31,32)/t26-/m0/s1. The van der Waals surface area contributed by atoms with Gasteiger partial charge < -0.3 is 14.6 Å². The molecule has 4 aromatic rings. The van der Waals surface area contributed by atoms with Crippen molar-refractivity contribution >= 4 is 27.8 Å². The fraction of sp³-hybridized carbons (Fsp3) is 0.321. The Morgan fingerprint density at radius 1 is 1.15 bits per heavy atom. The van der Waals surface area contributed by atoms with Gasteiger partial charge in [-0.3, -0.25) is 9.97 Å². The highest BCUT2D eigenvalue weighted by atomic mass is 16.5. The van der Waals surface area contributed by atoms with Crippen molar-refractivity contribution in [2.75, 3.05) is 6.61 Å². The van der Waals surface area contributed by atoms with Crippen LogP contribution in [0.25, 0.3) is 32.9 Å². The molecule has 2 aromatic heterocycles. The first kappa shape index (κ1) is 22.3. The Bertz CT molecular complexity index is 1440. The number of aromatic nitrogens is 2. The molecule has 6 heteroatoms. The molecule has 0 radical (unpaired) electrons. The number of carboxylic acid groups (broad SMARTS) is 1. The zero-order valence-corrected chi connectivity index (χ0v) is 20.1. The predicted octanol–water partition coefficient (Wildman–Crippen LogP) is 5.94. The van der Waals surface area contributed by atoms with Gasteiger partial charge in [0.25, 0.3) is 0 Å². The van der Waals surface area contributed by atoms with Crippen molar-refractivity contribution in [3.05, 3.63) is 65.0 Å². The van der Waals surface area contributed by atoms with Crippen LogP contribution in [0, 0.1) is 13.8 Å². The maximum absolute atomic E-state index is 12.6. The smallest absolute Gasteiger partial charge is 0.337 e. The molecule has 2 aromatic carbocycles. The van der Waals surface area contributed by atoms with Gasteiger partial charge in [0.15, 0.2) is 6.10 Å². The molecule has 5 rings (SSSR count). The van der Waals surface area contributed by atoms with E-state index < -0.39 is 17.7 Å². The Balaban J connectivity index is 1.91. The Kier molecular flexibility index (Phi) is 5.29. The second kappa shape index (κ2) is 8.06. The number of ether oxygens (including phenoxy) is 2. The van der Waals surface area contributed by atoms with Crippen LogP contribution in [-0.4, -0.2) is 33.3 Å². The quantitative estimate of drug-likeness (QED) is 0.409. The number of carboxylic acids is 1. The molecule has 0 saturated heterocycles. The summed E-state index contributed by atoms with van der Waals surface area (Å²) < 4.78 is 12.1. The number of benzene rings is 2. The highest BCUT2D eigenvalue weighted by Crippen LogP contribution is 2.44. The summed E-state index contributed by atoms with van der Waals surface area (Å²) in [6, 6.07) is 11.9. The second-order valence-corrected chi connectivity index (χ2v) is 9.85. The van der Waals surface area contributed by atoms with E-state index in [0.717, 1.165) is 56.4 Å². The number of carbonyl (C=O) groups is 1. The maximum atomic E-state index is 12.6. The van der Waals surface area contributed by atoms with Crippen LogP contribution < -0.4 is 4.74 Å². The van der Waals surface area contributed by atoms with Gasteiger partial charge >= 0.3 is 5.97 Å². The SMILES string of the molecule is Cc1ccc2c(-c3ccc4c5c(ccnc35)CCO4)c([C@H](OC(C)(C)C)C(=O)O)c(C)cc2n1. The fourth-order valence-electron chi connectivity index (χ4n) is 4.84. The maximum Gasteiger partial charge on any atom is 0.337 e. The molecule has 0 spiro atoms. The summed E-state index contributed by atoms with van der Waals surface area (Å²) in [6.45, 7) is 10.1. The van der Waals surface area contributed by atoms with Crippen molar-refractivity contribution in [2.24, 2.45) is 0 Å². The van der Waals surface area contributed by atoms with Crippen LogP contribution in [0.15, 0.2) is 42.6 Å². The fourth-order valence-corrected chi connectivity index (χ4v) is 4.84. The van der Waals surface area contributed by atoms with Crippen molar-refractivity contribution in [1.29, 1.82) is 0 Å². The molecule has 1 N–H and O–H groups in total. The summed E-state index contributed by atoms with van der Waals surface area (Å²) >= 11 is 0. The van der Waals surface area contributed by atoms with E-state index in [4.69, 9.17) is 19.4 Å². The largest absolute Gasteiger partial charge is 0.493 e. The zero-order valence-electron chi connectivity index (χ0n) is 20.1. The molecule has 6 nitrogen and oxygen atoms in total. The lowest BCUT2D eigenvalue weighted by atomic mass is 9.86. The van der Waals surface area contributed by atoms with Crippen molar-refractivity contribution in [1.82, 2.24) is 9.97 Å². The van der Waals surface area contributed by atoms with Gasteiger partial charge in [0.1, 0.15) is 5.75 Å². The summed E-state index contributed by atoms with van der Waals surface area (Å²) in [6.07, 6.45) is 1.47. The van der Waals surface area contributed by atoms with Gasteiger partial charge in [-0.15, -0.1) is 0 Å². The minimum atomic E-state index is -1.15. The lowest BCUT2D eigenvalue weighted by molar-refractivity contribution is -0.160. The van der Waals surface area contributed by atoms with Gasteiger partial charge in [0.05, 0.1) is 23.2 Å². The predicted molar refractivity (Wildman–Crippen MR) is 132 cm³/mol. The van der Waals surface area contributed by atoms with Crippen LogP contribution in [0.1, 0.15) is 49.3 Å². The topological polar surface area (TPSA) is 81.5 Å². The van der Waals surface area contributed by atoms with E-state index in [1.807, 2.05) is 77.2 Å². The lowest BCUT2D eigenvalue weighted by Crippen LogP contribution is -2.28. The van der Waals surface area contributed by atoms with E-state index >= 15 is 0 Å². The van der Waals surface area contributed by atoms with Crippen molar-refractivity contribution in [2.45, 2.75) is 52.7 Å². The first-order valence-electron chi connectivity index (χ1n) is 11.5. The average Bonchev–Trinajstić information content (AvgIpc) is 2.77. The van der Waals surface area contributed by atoms with E-state index in [1.54, 1.807) is 0 Å². The number of aryl methyl sites for hydroxylation is 2. The summed E-state index contributed by atoms with van der Waals surface area (Å²) in [5, 5.41) is 12.1. The summed E-state index contributed by atoms with van der Waals surface area (Å²) in [5.41, 5.74) is 6.12. The number of nitrogens with zero attached hydrogens (tertiary/aromatic N) is 2. The molecule has 0 saturated carbocycles. The van der Waals surface area contributed by atoms with E-state index in [-0.39, 0.29) is 0 Å². The van der Waals surface area contributed by atoms with Crippen LogP contribution in [0.5, 0.6) is 5.75 Å². The molecule has 3 heterocycles. The van der Waals surface area contributed by atoms with Gasteiger partial charge in [0, 0.05) is 40.2 Å². The van der Waals surface area contributed by atoms with Crippen LogP contribution in [0.2, 0.25) is 0 Å². The number of hydrogen-bond donors (Lipinski definition) is 1. The van der Waals surface area contributed by atoms with Gasteiger partial charge in [0.2, 0.25) is 0 Å². The Hall–Kier alpha value is -3.51. The molecular formula is C28H28N2O4. The Labute approximate surface area is 198 Å². The highest BCUT2D eigenvalue weighted by Gasteiger charge is 2.32. The third-order valence-electron chi connectivity index (χ3n) is 6.18. The van der Waals surface area contributed by atoms with Gasteiger partial charge in [-0.25, -0.2) is 4.79 Å². The number of pyridine rings is 2.